The number of benzene rings is 2. The van der Waals surface area contributed by atoms with Crippen molar-refractivity contribution in [3.05, 3.63) is 53.6 Å². The topological polar surface area (TPSA) is 49.8 Å². The van der Waals surface area contributed by atoms with Crippen molar-refractivity contribution >= 4 is 5.97 Å². The Bertz CT molecular complexity index is 1040. The van der Waals surface area contributed by atoms with Gasteiger partial charge in [0.2, 0.25) is 0 Å². The minimum Gasteiger partial charge on any atom is -0.493 e. The number of halogens is 5. The third kappa shape index (κ3) is 5.04. The third-order valence-electron chi connectivity index (χ3n) is 7.08. The number of carboxylic acid groups (broad SMARTS) is 1. The van der Waals surface area contributed by atoms with Crippen LogP contribution in [0.3, 0.4) is 0 Å². The molecule has 0 radical (unpaired) electrons. The molecule has 0 atom stereocenters. The molecule has 34 heavy (non-hydrogen) atoms. The molecule has 0 spiro atoms. The highest BCUT2D eigenvalue weighted by Gasteiger charge is 2.58. The number of piperidine rings is 1. The first-order valence-corrected chi connectivity index (χ1v) is 11.3. The van der Waals surface area contributed by atoms with E-state index in [2.05, 4.69) is 0 Å². The minimum absolute atomic E-state index is 0.0603. The summed E-state index contributed by atoms with van der Waals surface area (Å²) in [5.74, 6) is -2.51. The number of hydrogen-bond acceptors (Lipinski definition) is 3. The second kappa shape index (κ2) is 9.52. The highest BCUT2D eigenvalue weighted by atomic mass is 19.4. The predicted octanol–water partition coefficient (Wildman–Crippen LogP) is 6.15. The highest BCUT2D eigenvalue weighted by molar-refractivity contribution is 5.88. The maximum Gasteiger partial charge on any atom is 0.395 e. The Hall–Kier alpha value is -2.68. The third-order valence-corrected chi connectivity index (χ3v) is 7.08. The lowest BCUT2D eigenvalue weighted by atomic mass is 9.67. The van der Waals surface area contributed by atoms with Crippen molar-refractivity contribution in [3.63, 3.8) is 0 Å². The molecule has 9 heteroatoms. The largest absolute Gasteiger partial charge is 0.493 e. The molecule has 1 aliphatic carbocycles. The van der Waals surface area contributed by atoms with Crippen molar-refractivity contribution in [2.24, 2.45) is 11.3 Å². The summed E-state index contributed by atoms with van der Waals surface area (Å²) in [5, 5.41) is 8.92. The Morgan fingerprint density at radius 1 is 1.06 bits per heavy atom. The lowest BCUT2D eigenvalue weighted by Gasteiger charge is -2.47. The zero-order valence-electron chi connectivity index (χ0n) is 18.5. The van der Waals surface area contributed by atoms with Crippen molar-refractivity contribution in [2.75, 3.05) is 26.2 Å². The van der Waals surface area contributed by atoms with Crippen LogP contribution in [0.15, 0.2) is 36.4 Å². The maximum atomic E-state index is 14.6. The molecule has 1 saturated heterocycles. The van der Waals surface area contributed by atoms with E-state index in [1.807, 2.05) is 4.90 Å². The fourth-order valence-electron chi connectivity index (χ4n) is 4.76. The Balaban J connectivity index is 1.30. The van der Waals surface area contributed by atoms with E-state index in [1.54, 1.807) is 6.07 Å². The van der Waals surface area contributed by atoms with Crippen LogP contribution in [0.2, 0.25) is 0 Å². The monoisotopic (exact) mass is 483 g/mol. The average Bonchev–Trinajstić information content (AvgIpc) is 2.74. The van der Waals surface area contributed by atoms with Gasteiger partial charge >= 0.3 is 12.1 Å². The van der Waals surface area contributed by atoms with Crippen LogP contribution in [0.5, 0.6) is 5.75 Å². The van der Waals surface area contributed by atoms with E-state index in [-0.39, 0.29) is 36.4 Å². The second-order valence-electron chi connectivity index (χ2n) is 9.30. The molecule has 2 aromatic rings. The van der Waals surface area contributed by atoms with Gasteiger partial charge in [-0.05, 0) is 74.5 Å². The van der Waals surface area contributed by atoms with Gasteiger partial charge in [-0.15, -0.1) is 0 Å². The van der Waals surface area contributed by atoms with Crippen LogP contribution in [0, 0.1) is 23.0 Å². The quantitative estimate of drug-likeness (QED) is 0.480. The molecule has 184 valence electrons. The standard InChI is InChI=1S/C25H26F5NO3/c26-21-12-17(2-4-20(21)23(32)33)19-5-3-18(13-22(19)27)34-14-16-6-10-31(11-7-16)15-24(8-1-9-24)25(28,29)30/h2-5,12-13,16H,1,6-11,14-15H2,(H,32,33). The van der Waals surface area contributed by atoms with Crippen LogP contribution in [0.25, 0.3) is 11.1 Å². The number of likely N-dealkylation sites (tertiary alicyclic amines) is 1. The summed E-state index contributed by atoms with van der Waals surface area (Å²) < 4.78 is 74.5. The minimum atomic E-state index is -4.16. The van der Waals surface area contributed by atoms with E-state index in [4.69, 9.17) is 9.84 Å². The van der Waals surface area contributed by atoms with E-state index in [9.17, 15) is 26.7 Å². The zero-order valence-corrected chi connectivity index (χ0v) is 18.5. The van der Waals surface area contributed by atoms with Gasteiger partial charge in [0, 0.05) is 18.2 Å². The second-order valence-corrected chi connectivity index (χ2v) is 9.30. The highest BCUT2D eigenvalue weighted by Crippen LogP contribution is 2.53. The number of nitrogens with zero attached hydrogens (tertiary/aromatic N) is 1. The predicted molar refractivity (Wildman–Crippen MR) is 116 cm³/mol. The molecule has 0 bridgehead atoms. The van der Waals surface area contributed by atoms with Crippen molar-refractivity contribution in [3.8, 4) is 16.9 Å². The molecule has 2 fully saturated rings. The Labute approximate surface area is 194 Å². The van der Waals surface area contributed by atoms with E-state index < -0.39 is 34.8 Å². The Kier molecular flexibility index (Phi) is 6.85. The van der Waals surface area contributed by atoms with Gasteiger partial charge in [0.1, 0.15) is 17.4 Å². The number of rotatable bonds is 7. The molecule has 0 aromatic heterocycles. The lowest BCUT2D eigenvalue weighted by Crippen LogP contribution is -2.53. The summed E-state index contributed by atoms with van der Waals surface area (Å²) in [4.78, 5) is 12.8. The first kappa shape index (κ1) is 24.4. The summed E-state index contributed by atoms with van der Waals surface area (Å²) in [5.41, 5.74) is -1.71. The van der Waals surface area contributed by atoms with Gasteiger partial charge in [0.15, 0.2) is 0 Å². The zero-order chi connectivity index (χ0) is 24.5. The van der Waals surface area contributed by atoms with Crippen LogP contribution in [0.4, 0.5) is 22.0 Å². The number of carboxylic acids is 1. The van der Waals surface area contributed by atoms with Gasteiger partial charge in [-0.1, -0.05) is 12.5 Å². The molecule has 1 N–H and O–H groups in total. The summed E-state index contributed by atoms with van der Waals surface area (Å²) in [7, 11) is 0. The molecular formula is C25H26F5NO3. The summed E-state index contributed by atoms with van der Waals surface area (Å²) >= 11 is 0. The van der Waals surface area contributed by atoms with Crippen molar-refractivity contribution in [2.45, 2.75) is 38.3 Å². The first-order valence-electron chi connectivity index (χ1n) is 11.3. The van der Waals surface area contributed by atoms with Crippen molar-refractivity contribution < 1.29 is 36.6 Å². The molecule has 0 amide bonds. The molecule has 4 rings (SSSR count). The SMILES string of the molecule is O=C(O)c1ccc(-c2ccc(OCC3CCN(CC4(C(F)(F)F)CCC4)CC3)cc2F)cc1F. The summed E-state index contributed by atoms with van der Waals surface area (Å²) in [6, 6.07) is 7.59. The number of aromatic carboxylic acids is 1. The van der Waals surface area contributed by atoms with Gasteiger partial charge in [0.05, 0.1) is 17.6 Å². The molecule has 0 unspecified atom stereocenters. The van der Waals surface area contributed by atoms with Crippen LogP contribution in [0.1, 0.15) is 42.5 Å². The fourth-order valence-corrected chi connectivity index (χ4v) is 4.76. The number of carbonyl (C=O) groups is 1. The molecular weight excluding hydrogens is 457 g/mol. The van der Waals surface area contributed by atoms with Gasteiger partial charge in [-0.25, -0.2) is 13.6 Å². The normalized spacial score (nSPS) is 19.0. The van der Waals surface area contributed by atoms with E-state index in [1.165, 1.54) is 18.2 Å². The van der Waals surface area contributed by atoms with Crippen molar-refractivity contribution in [1.82, 2.24) is 4.90 Å². The first-order chi connectivity index (χ1) is 16.1. The van der Waals surface area contributed by atoms with E-state index in [0.29, 0.717) is 44.7 Å². The fraction of sp³-hybridized carbons (Fsp3) is 0.480. The Morgan fingerprint density at radius 2 is 1.76 bits per heavy atom. The smallest absolute Gasteiger partial charge is 0.395 e. The van der Waals surface area contributed by atoms with Gasteiger partial charge in [-0.2, -0.15) is 13.2 Å². The van der Waals surface area contributed by atoms with Crippen LogP contribution >= 0.6 is 0 Å². The van der Waals surface area contributed by atoms with E-state index >= 15 is 0 Å². The lowest BCUT2D eigenvalue weighted by molar-refractivity contribution is -0.256. The van der Waals surface area contributed by atoms with Crippen LogP contribution in [-0.2, 0) is 0 Å². The molecule has 2 aromatic carbocycles. The van der Waals surface area contributed by atoms with E-state index in [0.717, 1.165) is 12.1 Å². The van der Waals surface area contributed by atoms with Crippen LogP contribution in [-0.4, -0.2) is 48.4 Å². The average molecular weight is 483 g/mol. The number of ether oxygens (including phenoxy) is 1. The number of alkyl halides is 3. The number of hydrogen-bond donors (Lipinski definition) is 1. The summed E-state index contributed by atoms with van der Waals surface area (Å²) in [6.45, 7) is 1.55. The van der Waals surface area contributed by atoms with Gasteiger partial charge < -0.3 is 14.7 Å². The summed E-state index contributed by atoms with van der Waals surface area (Å²) in [6.07, 6.45) is -1.70. The van der Waals surface area contributed by atoms with Crippen molar-refractivity contribution in [1.29, 1.82) is 0 Å². The van der Waals surface area contributed by atoms with Crippen LogP contribution < -0.4 is 4.74 Å². The Morgan fingerprint density at radius 3 is 2.29 bits per heavy atom. The van der Waals surface area contributed by atoms with Gasteiger partial charge in [-0.3, -0.25) is 0 Å². The molecule has 1 aliphatic heterocycles. The molecule has 2 aliphatic rings. The maximum absolute atomic E-state index is 14.6. The van der Waals surface area contributed by atoms with Gasteiger partial charge in [0.25, 0.3) is 0 Å². The molecule has 1 heterocycles. The molecule has 4 nitrogen and oxygen atoms in total. The molecule has 1 saturated carbocycles.